The smallest absolute Gasteiger partial charge is 0.119 e. The van der Waals surface area contributed by atoms with Crippen LogP contribution in [0.15, 0.2) is 29.2 Å². The number of likely N-dealkylation sites (N-methyl/N-ethyl adjacent to an activating group) is 1. The van der Waals surface area contributed by atoms with Gasteiger partial charge in [-0.25, -0.2) is 0 Å². The van der Waals surface area contributed by atoms with Gasteiger partial charge in [0.2, 0.25) is 0 Å². The summed E-state index contributed by atoms with van der Waals surface area (Å²) in [6.45, 7) is 6.02. The summed E-state index contributed by atoms with van der Waals surface area (Å²) in [5.74, 6) is 0.907. The highest BCUT2D eigenvalue weighted by molar-refractivity contribution is 7.80. The lowest BCUT2D eigenvalue weighted by Crippen LogP contribution is -2.30. The van der Waals surface area contributed by atoms with E-state index in [-0.39, 0.29) is 0 Å². The van der Waals surface area contributed by atoms with Gasteiger partial charge in [0.1, 0.15) is 12.4 Å². The molecule has 0 amide bonds. The van der Waals surface area contributed by atoms with Gasteiger partial charge in [-0.2, -0.15) is 0 Å². The van der Waals surface area contributed by atoms with Crippen LogP contribution in [-0.4, -0.2) is 31.1 Å². The SMILES string of the molecule is CC(C)N(C)CCOc1ccc(S)cc1. The molecular weight excluding hydrogens is 206 g/mol. The predicted octanol–water partition coefficient (Wildman–Crippen LogP) is 2.69. The highest BCUT2D eigenvalue weighted by atomic mass is 32.1. The first-order valence-electron chi connectivity index (χ1n) is 5.21. The average Bonchev–Trinajstić information content (AvgIpc) is 2.20. The van der Waals surface area contributed by atoms with Crippen LogP contribution >= 0.6 is 12.6 Å². The zero-order chi connectivity index (χ0) is 11.3. The minimum atomic E-state index is 0.563. The minimum Gasteiger partial charge on any atom is -0.492 e. The van der Waals surface area contributed by atoms with Gasteiger partial charge in [-0.3, -0.25) is 0 Å². The molecule has 0 aliphatic carbocycles. The molecule has 0 radical (unpaired) electrons. The third kappa shape index (κ3) is 4.58. The van der Waals surface area contributed by atoms with Crippen molar-refractivity contribution >= 4 is 12.6 Å². The molecule has 3 heteroatoms. The van der Waals surface area contributed by atoms with E-state index in [0.29, 0.717) is 6.04 Å². The van der Waals surface area contributed by atoms with E-state index in [1.54, 1.807) is 0 Å². The first kappa shape index (κ1) is 12.4. The fraction of sp³-hybridized carbons (Fsp3) is 0.500. The van der Waals surface area contributed by atoms with Crippen LogP contribution in [0.2, 0.25) is 0 Å². The van der Waals surface area contributed by atoms with Crippen LogP contribution < -0.4 is 4.74 Å². The van der Waals surface area contributed by atoms with Crippen molar-refractivity contribution in [2.75, 3.05) is 20.2 Å². The maximum Gasteiger partial charge on any atom is 0.119 e. The summed E-state index contributed by atoms with van der Waals surface area (Å²) < 4.78 is 5.61. The Morgan fingerprint density at radius 2 is 1.87 bits per heavy atom. The molecule has 15 heavy (non-hydrogen) atoms. The molecule has 0 fully saturated rings. The van der Waals surface area contributed by atoms with Crippen molar-refractivity contribution in [3.8, 4) is 5.75 Å². The summed E-state index contributed by atoms with van der Waals surface area (Å²) in [4.78, 5) is 3.22. The summed E-state index contributed by atoms with van der Waals surface area (Å²) in [7, 11) is 2.10. The molecule has 1 rings (SSSR count). The number of hydrogen-bond donors (Lipinski definition) is 1. The van der Waals surface area contributed by atoms with E-state index in [0.717, 1.165) is 23.8 Å². The first-order valence-corrected chi connectivity index (χ1v) is 5.66. The molecule has 0 saturated carbocycles. The number of nitrogens with zero attached hydrogens (tertiary/aromatic N) is 1. The van der Waals surface area contributed by atoms with Gasteiger partial charge in [0.05, 0.1) is 0 Å². The van der Waals surface area contributed by atoms with Gasteiger partial charge in [-0.1, -0.05) is 0 Å². The molecule has 0 unspecified atom stereocenters. The highest BCUT2D eigenvalue weighted by Gasteiger charge is 2.02. The van der Waals surface area contributed by atoms with E-state index < -0.39 is 0 Å². The number of rotatable bonds is 5. The second kappa shape index (κ2) is 6.03. The van der Waals surface area contributed by atoms with Crippen molar-refractivity contribution in [1.29, 1.82) is 0 Å². The lowest BCUT2D eigenvalue weighted by molar-refractivity contribution is 0.208. The fourth-order valence-corrected chi connectivity index (χ4v) is 1.26. The van der Waals surface area contributed by atoms with E-state index in [2.05, 4.69) is 38.4 Å². The average molecular weight is 225 g/mol. The summed E-state index contributed by atoms with van der Waals surface area (Å²) in [6, 6.07) is 8.32. The summed E-state index contributed by atoms with van der Waals surface area (Å²) in [5.41, 5.74) is 0. The lowest BCUT2D eigenvalue weighted by Gasteiger charge is -2.20. The third-order valence-electron chi connectivity index (χ3n) is 2.43. The van der Waals surface area contributed by atoms with E-state index >= 15 is 0 Å². The molecule has 84 valence electrons. The Morgan fingerprint density at radius 1 is 1.27 bits per heavy atom. The molecule has 0 atom stereocenters. The van der Waals surface area contributed by atoms with Gasteiger partial charge in [-0.15, -0.1) is 12.6 Å². The third-order valence-corrected chi connectivity index (χ3v) is 2.73. The van der Waals surface area contributed by atoms with E-state index in [1.807, 2.05) is 24.3 Å². The van der Waals surface area contributed by atoms with Crippen LogP contribution in [0, 0.1) is 0 Å². The van der Waals surface area contributed by atoms with Gasteiger partial charge in [0.15, 0.2) is 0 Å². The number of benzene rings is 1. The second-order valence-corrected chi connectivity index (χ2v) is 4.43. The molecule has 0 bridgehead atoms. The van der Waals surface area contributed by atoms with Gasteiger partial charge < -0.3 is 9.64 Å². The van der Waals surface area contributed by atoms with Crippen molar-refractivity contribution in [2.45, 2.75) is 24.8 Å². The molecule has 1 aromatic rings. The zero-order valence-corrected chi connectivity index (χ0v) is 10.5. The first-order chi connectivity index (χ1) is 7.09. The second-order valence-electron chi connectivity index (χ2n) is 3.92. The highest BCUT2D eigenvalue weighted by Crippen LogP contribution is 2.14. The molecule has 0 heterocycles. The quantitative estimate of drug-likeness (QED) is 0.774. The van der Waals surface area contributed by atoms with E-state index in [4.69, 9.17) is 4.74 Å². The Hall–Kier alpha value is -0.670. The fourth-order valence-electron chi connectivity index (χ4n) is 1.11. The van der Waals surface area contributed by atoms with Crippen LogP contribution in [0.3, 0.4) is 0 Å². The minimum absolute atomic E-state index is 0.563. The van der Waals surface area contributed by atoms with Gasteiger partial charge in [-0.05, 0) is 45.2 Å². The molecule has 0 spiro atoms. The molecule has 1 aromatic carbocycles. The van der Waals surface area contributed by atoms with E-state index in [1.165, 1.54) is 0 Å². The zero-order valence-electron chi connectivity index (χ0n) is 9.60. The molecule has 0 N–H and O–H groups in total. The van der Waals surface area contributed by atoms with Gasteiger partial charge in [0.25, 0.3) is 0 Å². The topological polar surface area (TPSA) is 12.5 Å². The predicted molar refractivity (Wildman–Crippen MR) is 67.0 cm³/mol. The van der Waals surface area contributed by atoms with Crippen molar-refractivity contribution in [1.82, 2.24) is 4.90 Å². The Labute approximate surface area is 97.6 Å². The van der Waals surface area contributed by atoms with Crippen molar-refractivity contribution < 1.29 is 4.74 Å². The molecular formula is C12H19NOS. The summed E-state index contributed by atoms with van der Waals surface area (Å²) in [5, 5.41) is 0. The maximum absolute atomic E-state index is 5.61. The van der Waals surface area contributed by atoms with E-state index in [9.17, 15) is 0 Å². The normalized spacial score (nSPS) is 11.1. The largest absolute Gasteiger partial charge is 0.492 e. The van der Waals surface area contributed by atoms with Crippen LogP contribution in [0.4, 0.5) is 0 Å². The Kier molecular flexibility index (Phi) is 4.99. The molecule has 0 aliphatic heterocycles. The van der Waals surface area contributed by atoms with Crippen molar-refractivity contribution in [3.63, 3.8) is 0 Å². The number of hydrogen-bond acceptors (Lipinski definition) is 3. The van der Waals surface area contributed by atoms with Crippen LogP contribution in [-0.2, 0) is 0 Å². The lowest BCUT2D eigenvalue weighted by atomic mass is 10.3. The van der Waals surface area contributed by atoms with Gasteiger partial charge in [0, 0.05) is 17.5 Å². The number of ether oxygens (including phenoxy) is 1. The van der Waals surface area contributed by atoms with Crippen LogP contribution in [0.25, 0.3) is 0 Å². The van der Waals surface area contributed by atoms with Gasteiger partial charge >= 0.3 is 0 Å². The van der Waals surface area contributed by atoms with Crippen molar-refractivity contribution in [2.24, 2.45) is 0 Å². The molecule has 0 saturated heterocycles. The Morgan fingerprint density at radius 3 is 2.40 bits per heavy atom. The maximum atomic E-state index is 5.61. The Balaban J connectivity index is 2.29. The molecule has 0 aromatic heterocycles. The molecule has 0 aliphatic rings. The molecule has 2 nitrogen and oxygen atoms in total. The van der Waals surface area contributed by atoms with Crippen molar-refractivity contribution in [3.05, 3.63) is 24.3 Å². The Bertz CT molecular complexity index is 284. The van der Waals surface area contributed by atoms with Crippen LogP contribution in [0.5, 0.6) is 5.75 Å². The summed E-state index contributed by atoms with van der Waals surface area (Å²) >= 11 is 4.22. The summed E-state index contributed by atoms with van der Waals surface area (Å²) in [6.07, 6.45) is 0. The van der Waals surface area contributed by atoms with Crippen LogP contribution in [0.1, 0.15) is 13.8 Å². The monoisotopic (exact) mass is 225 g/mol. The standard InChI is InChI=1S/C12H19NOS/c1-10(2)13(3)8-9-14-11-4-6-12(15)7-5-11/h4-7,10,15H,8-9H2,1-3H3. The number of thiol groups is 1.